The number of anilines is 1. The van der Waals surface area contributed by atoms with Crippen molar-refractivity contribution >= 4 is 17.2 Å². The van der Waals surface area contributed by atoms with Gasteiger partial charge in [0.1, 0.15) is 5.69 Å². The van der Waals surface area contributed by atoms with Gasteiger partial charge < -0.3 is 15.7 Å². The normalized spacial score (nSPS) is 15.0. The maximum Gasteiger partial charge on any atom is 0.270 e. The molecule has 36 heavy (non-hydrogen) atoms. The molecule has 7 nitrogen and oxygen atoms in total. The van der Waals surface area contributed by atoms with Crippen molar-refractivity contribution in [3.8, 4) is 11.1 Å². The van der Waals surface area contributed by atoms with Crippen LogP contribution in [0.5, 0.6) is 0 Å². The van der Waals surface area contributed by atoms with E-state index in [1.807, 2.05) is 30.3 Å². The summed E-state index contributed by atoms with van der Waals surface area (Å²) in [6, 6.07) is 19.4. The number of hydrogen-bond acceptors (Lipinski definition) is 5. The fraction of sp³-hybridized carbons (Fsp3) is 0.345. The molecular formula is C29H33N5O2. The average molecular weight is 484 g/mol. The number of carbonyl (C=O) groups is 1. The Kier molecular flexibility index (Phi) is 7.57. The second kappa shape index (κ2) is 11.4. The number of aliphatic hydroxyl groups is 1. The first-order valence-corrected chi connectivity index (χ1v) is 12.8. The van der Waals surface area contributed by atoms with Gasteiger partial charge in [-0.2, -0.15) is 5.10 Å². The van der Waals surface area contributed by atoms with Crippen LogP contribution in [0.2, 0.25) is 0 Å². The van der Waals surface area contributed by atoms with Crippen molar-refractivity contribution in [2.75, 3.05) is 18.5 Å². The molecule has 1 amide bonds. The highest BCUT2D eigenvalue weighted by Gasteiger charge is 2.17. The van der Waals surface area contributed by atoms with Crippen molar-refractivity contribution in [2.45, 2.75) is 44.6 Å². The lowest BCUT2D eigenvalue weighted by molar-refractivity contribution is 0.0911. The van der Waals surface area contributed by atoms with Gasteiger partial charge in [-0.05, 0) is 54.5 Å². The fourth-order valence-electron chi connectivity index (χ4n) is 4.94. The Bertz CT molecular complexity index is 1280. The highest BCUT2D eigenvalue weighted by Crippen LogP contribution is 2.27. The Morgan fingerprint density at radius 1 is 1.03 bits per heavy atom. The summed E-state index contributed by atoms with van der Waals surface area (Å²) in [6.45, 7) is 0.872. The van der Waals surface area contributed by atoms with E-state index in [0.717, 1.165) is 34.8 Å². The lowest BCUT2D eigenvalue weighted by atomic mass is 9.89. The lowest BCUT2D eigenvalue weighted by Gasteiger charge is -2.22. The molecule has 0 radical (unpaired) electrons. The summed E-state index contributed by atoms with van der Waals surface area (Å²) >= 11 is 0. The van der Waals surface area contributed by atoms with Crippen LogP contribution < -0.4 is 10.6 Å². The van der Waals surface area contributed by atoms with Gasteiger partial charge >= 0.3 is 0 Å². The van der Waals surface area contributed by atoms with Gasteiger partial charge in [-0.3, -0.25) is 4.79 Å². The standard InChI is InChI=1S/C29H33N5O2/c35-20-25(17-21-7-3-1-4-8-21)32-29(36)27-15-16-34-28(33-27)26(19-31-34)23-11-13-24(14-12-23)30-18-22-9-5-2-6-10-22/h1,3-4,7-8,11-16,19,22,25,30,35H,2,5-6,9-10,17-18,20H2,(H,32,36)/t25-/m1/s1. The smallest absolute Gasteiger partial charge is 0.270 e. The van der Waals surface area contributed by atoms with E-state index in [-0.39, 0.29) is 12.5 Å². The molecule has 2 heterocycles. The van der Waals surface area contributed by atoms with Crippen LogP contribution in [0.1, 0.15) is 48.2 Å². The van der Waals surface area contributed by atoms with Crippen LogP contribution in [0.4, 0.5) is 5.69 Å². The first-order chi connectivity index (χ1) is 17.7. The summed E-state index contributed by atoms with van der Waals surface area (Å²) in [5.74, 6) is 0.451. The summed E-state index contributed by atoms with van der Waals surface area (Å²) in [4.78, 5) is 17.6. The highest BCUT2D eigenvalue weighted by molar-refractivity contribution is 5.93. The van der Waals surface area contributed by atoms with Gasteiger partial charge in [0, 0.05) is 24.0 Å². The van der Waals surface area contributed by atoms with E-state index < -0.39 is 6.04 Å². The molecule has 7 heteroatoms. The van der Waals surface area contributed by atoms with Crippen LogP contribution in [-0.4, -0.2) is 44.8 Å². The molecule has 0 bridgehead atoms. The van der Waals surface area contributed by atoms with E-state index in [0.29, 0.717) is 17.8 Å². The summed E-state index contributed by atoms with van der Waals surface area (Å²) in [7, 11) is 0. The van der Waals surface area contributed by atoms with Crippen molar-refractivity contribution < 1.29 is 9.90 Å². The number of aliphatic hydroxyl groups excluding tert-OH is 1. The molecule has 1 fully saturated rings. The zero-order valence-electron chi connectivity index (χ0n) is 20.4. The molecule has 0 aliphatic heterocycles. The van der Waals surface area contributed by atoms with Crippen LogP contribution in [0.25, 0.3) is 16.8 Å². The van der Waals surface area contributed by atoms with Crippen LogP contribution in [-0.2, 0) is 6.42 Å². The van der Waals surface area contributed by atoms with E-state index in [2.05, 4.69) is 45.0 Å². The van der Waals surface area contributed by atoms with E-state index in [1.54, 1.807) is 23.0 Å². The first kappa shape index (κ1) is 24.0. The molecule has 0 spiro atoms. The van der Waals surface area contributed by atoms with Gasteiger partial charge in [0.25, 0.3) is 5.91 Å². The minimum Gasteiger partial charge on any atom is -0.394 e. The molecule has 5 rings (SSSR count). The van der Waals surface area contributed by atoms with Crippen molar-refractivity contribution in [2.24, 2.45) is 5.92 Å². The van der Waals surface area contributed by atoms with Crippen LogP contribution in [0.3, 0.4) is 0 Å². The summed E-state index contributed by atoms with van der Waals surface area (Å²) in [5, 5.41) is 20.7. The van der Waals surface area contributed by atoms with Crippen molar-refractivity contribution in [3.63, 3.8) is 0 Å². The maximum absolute atomic E-state index is 12.9. The topological polar surface area (TPSA) is 91.5 Å². The largest absolute Gasteiger partial charge is 0.394 e. The second-order valence-corrected chi connectivity index (χ2v) is 9.64. The van der Waals surface area contributed by atoms with Gasteiger partial charge in [0.2, 0.25) is 0 Å². The molecule has 0 saturated heterocycles. The van der Waals surface area contributed by atoms with E-state index in [4.69, 9.17) is 0 Å². The Balaban J connectivity index is 1.28. The number of aromatic nitrogens is 3. The third-order valence-electron chi connectivity index (χ3n) is 7.00. The van der Waals surface area contributed by atoms with E-state index in [9.17, 15) is 9.90 Å². The van der Waals surface area contributed by atoms with Gasteiger partial charge in [-0.1, -0.05) is 61.7 Å². The number of carbonyl (C=O) groups excluding carboxylic acids is 1. The molecule has 186 valence electrons. The predicted octanol–water partition coefficient (Wildman–Crippen LogP) is 4.72. The number of hydrogen-bond donors (Lipinski definition) is 3. The quantitative estimate of drug-likeness (QED) is 0.320. The Morgan fingerprint density at radius 3 is 2.56 bits per heavy atom. The molecule has 0 unspecified atom stereocenters. The van der Waals surface area contributed by atoms with E-state index >= 15 is 0 Å². The Hall–Kier alpha value is -3.71. The monoisotopic (exact) mass is 483 g/mol. The minimum atomic E-state index is -0.393. The molecule has 1 saturated carbocycles. The summed E-state index contributed by atoms with van der Waals surface area (Å²) in [5.41, 5.74) is 4.94. The van der Waals surface area contributed by atoms with Crippen LogP contribution >= 0.6 is 0 Å². The molecular weight excluding hydrogens is 450 g/mol. The zero-order chi connectivity index (χ0) is 24.7. The Labute approximate surface area is 211 Å². The summed E-state index contributed by atoms with van der Waals surface area (Å²) < 4.78 is 1.68. The predicted molar refractivity (Wildman–Crippen MR) is 142 cm³/mol. The molecule has 1 atom stereocenters. The van der Waals surface area contributed by atoms with Gasteiger partial charge in [-0.15, -0.1) is 0 Å². The molecule has 4 aromatic rings. The van der Waals surface area contributed by atoms with Crippen molar-refractivity contribution in [1.29, 1.82) is 0 Å². The molecule has 2 aromatic heterocycles. The SMILES string of the molecule is O=C(N[C@@H](CO)Cc1ccccc1)c1ccn2ncc(-c3ccc(NCC4CCCCC4)cc3)c2n1. The molecule has 3 N–H and O–H groups in total. The highest BCUT2D eigenvalue weighted by atomic mass is 16.3. The van der Waals surface area contributed by atoms with Crippen LogP contribution in [0, 0.1) is 5.92 Å². The molecule has 2 aromatic carbocycles. The number of rotatable bonds is 9. The number of amides is 1. The van der Waals surface area contributed by atoms with Crippen LogP contribution in [0.15, 0.2) is 73.1 Å². The van der Waals surface area contributed by atoms with Gasteiger partial charge in [0.05, 0.1) is 18.8 Å². The number of benzene rings is 2. The zero-order valence-corrected chi connectivity index (χ0v) is 20.4. The molecule has 1 aliphatic carbocycles. The average Bonchev–Trinajstić information content (AvgIpc) is 3.36. The third kappa shape index (κ3) is 5.74. The van der Waals surface area contributed by atoms with Gasteiger partial charge in [0.15, 0.2) is 5.65 Å². The lowest BCUT2D eigenvalue weighted by Crippen LogP contribution is -2.39. The number of nitrogens with zero attached hydrogens (tertiary/aromatic N) is 3. The number of fused-ring (bicyclic) bond motifs is 1. The maximum atomic E-state index is 12.9. The second-order valence-electron chi connectivity index (χ2n) is 9.64. The molecule has 1 aliphatic rings. The van der Waals surface area contributed by atoms with Crippen molar-refractivity contribution in [1.82, 2.24) is 19.9 Å². The third-order valence-corrected chi connectivity index (χ3v) is 7.00. The Morgan fingerprint density at radius 2 is 1.81 bits per heavy atom. The summed E-state index contributed by atoms with van der Waals surface area (Å²) in [6.07, 6.45) is 10.8. The number of nitrogens with one attached hydrogen (secondary N) is 2. The van der Waals surface area contributed by atoms with E-state index in [1.165, 1.54) is 32.1 Å². The fourth-order valence-corrected chi connectivity index (χ4v) is 4.94. The minimum absolute atomic E-state index is 0.151. The first-order valence-electron chi connectivity index (χ1n) is 12.8. The van der Waals surface area contributed by atoms with Crippen molar-refractivity contribution in [3.05, 3.63) is 84.3 Å². The van der Waals surface area contributed by atoms with Gasteiger partial charge in [-0.25, -0.2) is 9.50 Å².